The molecule has 2 aliphatic rings. The quantitative estimate of drug-likeness (QED) is 0.841. The predicted octanol–water partition coefficient (Wildman–Crippen LogP) is 2.51. The SMILES string of the molecule is OCC#Cc1cccc(OC2CCOC3(CCC3)C2)c1. The maximum absolute atomic E-state index is 8.73. The summed E-state index contributed by atoms with van der Waals surface area (Å²) >= 11 is 0. The van der Waals surface area contributed by atoms with Crippen LogP contribution in [0.4, 0.5) is 0 Å². The number of hydrogen-bond acceptors (Lipinski definition) is 3. The predicted molar refractivity (Wildman–Crippen MR) is 76.6 cm³/mol. The first kappa shape index (κ1) is 13.5. The van der Waals surface area contributed by atoms with E-state index in [0.29, 0.717) is 0 Å². The molecule has 106 valence electrons. The highest BCUT2D eigenvalue weighted by atomic mass is 16.5. The molecule has 1 N–H and O–H groups in total. The van der Waals surface area contributed by atoms with Crippen molar-refractivity contribution in [3.05, 3.63) is 29.8 Å². The minimum Gasteiger partial charge on any atom is -0.490 e. The fourth-order valence-electron chi connectivity index (χ4n) is 2.98. The van der Waals surface area contributed by atoms with Crippen molar-refractivity contribution in [2.24, 2.45) is 0 Å². The first-order valence-corrected chi connectivity index (χ1v) is 7.30. The summed E-state index contributed by atoms with van der Waals surface area (Å²) in [5.74, 6) is 6.42. The van der Waals surface area contributed by atoms with Crippen LogP contribution in [0.1, 0.15) is 37.7 Å². The maximum atomic E-state index is 8.73. The minimum atomic E-state index is -0.117. The van der Waals surface area contributed by atoms with Crippen LogP contribution in [-0.2, 0) is 4.74 Å². The molecule has 1 atom stereocenters. The van der Waals surface area contributed by atoms with Crippen molar-refractivity contribution in [2.75, 3.05) is 13.2 Å². The molecule has 2 fully saturated rings. The van der Waals surface area contributed by atoms with E-state index in [1.165, 1.54) is 19.3 Å². The number of benzene rings is 1. The highest BCUT2D eigenvalue weighted by molar-refractivity contribution is 5.39. The molecule has 0 radical (unpaired) electrons. The number of rotatable bonds is 2. The third kappa shape index (κ3) is 2.98. The molecule has 1 aromatic carbocycles. The molecule has 0 aromatic heterocycles. The third-order valence-electron chi connectivity index (χ3n) is 4.16. The van der Waals surface area contributed by atoms with E-state index in [1.807, 2.05) is 24.3 Å². The number of ether oxygens (including phenoxy) is 2. The molecule has 1 aliphatic heterocycles. The van der Waals surface area contributed by atoms with Crippen molar-refractivity contribution >= 4 is 0 Å². The Morgan fingerprint density at radius 2 is 2.30 bits per heavy atom. The van der Waals surface area contributed by atoms with E-state index in [4.69, 9.17) is 14.6 Å². The molecule has 1 saturated heterocycles. The van der Waals surface area contributed by atoms with Gasteiger partial charge in [0.25, 0.3) is 0 Å². The van der Waals surface area contributed by atoms with Crippen molar-refractivity contribution in [3.8, 4) is 17.6 Å². The standard InChI is InChI=1S/C17H20O3/c18-10-2-5-14-4-1-6-15(12-14)20-16-7-11-19-17(13-16)8-3-9-17/h1,4,6,12,16,18H,3,7-11,13H2. The van der Waals surface area contributed by atoms with Crippen LogP contribution in [0.2, 0.25) is 0 Å². The van der Waals surface area contributed by atoms with Crippen molar-refractivity contribution in [1.29, 1.82) is 0 Å². The molecule has 1 spiro atoms. The summed E-state index contributed by atoms with van der Waals surface area (Å²) in [7, 11) is 0. The highest BCUT2D eigenvalue weighted by Gasteiger charge is 2.43. The fourth-order valence-corrected chi connectivity index (χ4v) is 2.98. The molecule has 1 aliphatic carbocycles. The fraction of sp³-hybridized carbons (Fsp3) is 0.529. The van der Waals surface area contributed by atoms with Crippen molar-refractivity contribution in [2.45, 2.75) is 43.8 Å². The summed E-state index contributed by atoms with van der Waals surface area (Å²) in [6.45, 7) is 0.683. The summed E-state index contributed by atoms with van der Waals surface area (Å²) in [6, 6.07) is 7.76. The van der Waals surface area contributed by atoms with Crippen LogP contribution >= 0.6 is 0 Å². The van der Waals surface area contributed by atoms with Crippen LogP contribution in [-0.4, -0.2) is 30.0 Å². The van der Waals surface area contributed by atoms with Crippen molar-refractivity contribution in [3.63, 3.8) is 0 Å². The highest BCUT2D eigenvalue weighted by Crippen LogP contribution is 2.43. The van der Waals surface area contributed by atoms with Gasteiger partial charge in [0.05, 0.1) is 12.2 Å². The Kier molecular flexibility index (Phi) is 3.95. The average molecular weight is 272 g/mol. The number of aliphatic hydroxyl groups is 1. The van der Waals surface area contributed by atoms with Crippen LogP contribution in [0.15, 0.2) is 24.3 Å². The Labute approximate surface area is 119 Å². The lowest BCUT2D eigenvalue weighted by molar-refractivity contribution is -0.153. The Hall–Kier alpha value is -1.50. The molecule has 3 heteroatoms. The van der Waals surface area contributed by atoms with Crippen LogP contribution in [0.5, 0.6) is 5.75 Å². The van der Waals surface area contributed by atoms with Crippen molar-refractivity contribution in [1.82, 2.24) is 0 Å². The summed E-state index contributed by atoms with van der Waals surface area (Å²) in [6.07, 6.45) is 5.82. The average Bonchev–Trinajstić information content (AvgIpc) is 2.44. The van der Waals surface area contributed by atoms with Crippen molar-refractivity contribution < 1.29 is 14.6 Å². The van der Waals surface area contributed by atoms with Gasteiger partial charge in [-0.05, 0) is 37.5 Å². The van der Waals surface area contributed by atoms with E-state index in [-0.39, 0.29) is 18.3 Å². The first-order chi connectivity index (χ1) is 9.80. The van der Waals surface area contributed by atoms with Gasteiger partial charge < -0.3 is 14.6 Å². The zero-order valence-corrected chi connectivity index (χ0v) is 11.6. The molecule has 1 aromatic rings. The lowest BCUT2D eigenvalue weighted by atomic mass is 9.74. The monoisotopic (exact) mass is 272 g/mol. The van der Waals surface area contributed by atoms with Gasteiger partial charge in [0.15, 0.2) is 0 Å². The van der Waals surface area contributed by atoms with Gasteiger partial charge in [-0.15, -0.1) is 0 Å². The third-order valence-corrected chi connectivity index (χ3v) is 4.16. The largest absolute Gasteiger partial charge is 0.490 e. The lowest BCUT2D eigenvalue weighted by Crippen LogP contribution is -2.48. The molecule has 0 amide bonds. The molecule has 3 nitrogen and oxygen atoms in total. The van der Waals surface area contributed by atoms with E-state index in [9.17, 15) is 0 Å². The summed E-state index contributed by atoms with van der Waals surface area (Å²) in [5.41, 5.74) is 0.985. The Bertz CT molecular complexity index is 523. The van der Waals surface area contributed by atoms with Crippen LogP contribution < -0.4 is 4.74 Å². The van der Waals surface area contributed by atoms with E-state index in [1.54, 1.807) is 0 Å². The topological polar surface area (TPSA) is 38.7 Å². The van der Waals surface area contributed by atoms with E-state index in [2.05, 4.69) is 11.8 Å². The van der Waals surface area contributed by atoms with Gasteiger partial charge in [-0.3, -0.25) is 0 Å². The minimum absolute atomic E-state index is 0.108. The second kappa shape index (κ2) is 5.87. The Morgan fingerprint density at radius 1 is 1.40 bits per heavy atom. The molecular weight excluding hydrogens is 252 g/mol. The van der Waals surface area contributed by atoms with E-state index in [0.717, 1.165) is 30.8 Å². The zero-order valence-electron chi connectivity index (χ0n) is 11.6. The molecular formula is C17H20O3. The first-order valence-electron chi connectivity index (χ1n) is 7.30. The maximum Gasteiger partial charge on any atom is 0.120 e. The summed E-state index contributed by atoms with van der Waals surface area (Å²) in [5, 5.41) is 8.73. The zero-order chi connectivity index (χ0) is 13.8. The van der Waals surface area contributed by atoms with E-state index >= 15 is 0 Å². The van der Waals surface area contributed by atoms with Gasteiger partial charge >= 0.3 is 0 Å². The molecule has 1 saturated carbocycles. The van der Waals surface area contributed by atoms with Crippen LogP contribution in [0, 0.1) is 11.8 Å². The van der Waals surface area contributed by atoms with Gasteiger partial charge in [-0.2, -0.15) is 0 Å². The molecule has 20 heavy (non-hydrogen) atoms. The number of aliphatic hydroxyl groups excluding tert-OH is 1. The second-order valence-corrected chi connectivity index (χ2v) is 5.61. The summed E-state index contributed by atoms with van der Waals surface area (Å²) in [4.78, 5) is 0. The van der Waals surface area contributed by atoms with Gasteiger partial charge in [0.1, 0.15) is 18.5 Å². The van der Waals surface area contributed by atoms with Gasteiger partial charge in [-0.25, -0.2) is 0 Å². The van der Waals surface area contributed by atoms with E-state index < -0.39 is 0 Å². The molecule has 3 rings (SSSR count). The number of hydrogen-bond donors (Lipinski definition) is 1. The second-order valence-electron chi connectivity index (χ2n) is 5.61. The molecule has 0 bridgehead atoms. The van der Waals surface area contributed by atoms with Crippen LogP contribution in [0.3, 0.4) is 0 Å². The van der Waals surface area contributed by atoms with Gasteiger partial charge in [0, 0.05) is 18.4 Å². The van der Waals surface area contributed by atoms with Gasteiger partial charge in [0.2, 0.25) is 0 Å². The summed E-state index contributed by atoms with van der Waals surface area (Å²) < 4.78 is 12.0. The smallest absolute Gasteiger partial charge is 0.120 e. The normalized spacial score (nSPS) is 23.6. The van der Waals surface area contributed by atoms with Gasteiger partial charge in [-0.1, -0.05) is 17.9 Å². The lowest BCUT2D eigenvalue weighted by Gasteiger charge is -2.46. The van der Waals surface area contributed by atoms with Crippen LogP contribution in [0.25, 0.3) is 0 Å². The Morgan fingerprint density at radius 3 is 3.05 bits per heavy atom. The molecule has 1 heterocycles. The molecule has 1 unspecified atom stereocenters. The Balaban J connectivity index is 1.65.